The molecule has 0 fully saturated rings. The number of nitrogens with one attached hydrogen (secondary N) is 1. The molecule has 0 saturated carbocycles. The van der Waals surface area contributed by atoms with Crippen LogP contribution in [-0.2, 0) is 14.4 Å². The molecule has 0 radical (unpaired) electrons. The summed E-state index contributed by atoms with van der Waals surface area (Å²) in [4.78, 5) is 36.0. The minimum absolute atomic E-state index is 0.0129. The summed E-state index contributed by atoms with van der Waals surface area (Å²) < 4.78 is 0. The predicted octanol–water partition coefficient (Wildman–Crippen LogP) is 3.51. The van der Waals surface area contributed by atoms with E-state index >= 15 is 0 Å². The van der Waals surface area contributed by atoms with Crippen molar-refractivity contribution in [1.82, 2.24) is 5.32 Å². The van der Waals surface area contributed by atoms with Gasteiger partial charge in [-0.25, -0.2) is 0 Å². The fourth-order valence-electron chi connectivity index (χ4n) is 3.32. The number of aliphatic carboxylic acids is 2. The van der Waals surface area contributed by atoms with E-state index in [2.05, 4.69) is 17.2 Å². The van der Waals surface area contributed by atoms with Crippen molar-refractivity contribution in [2.45, 2.75) is 129 Å². The molecule has 0 aliphatic rings. The van der Waals surface area contributed by atoms with Gasteiger partial charge in [-0.1, -0.05) is 84.0 Å². The number of nitrogens with two attached hydrogens (primary N) is 3. The quantitative estimate of drug-likeness (QED) is 0.0780. The predicted molar refractivity (Wildman–Crippen MR) is 141 cm³/mol. The number of carboxylic acids is 2. The van der Waals surface area contributed by atoms with Crippen LogP contribution in [0.4, 0.5) is 0 Å². The third kappa shape index (κ3) is 27.8. The molecule has 0 aromatic carbocycles. The molecule has 0 aliphatic heterocycles. The van der Waals surface area contributed by atoms with Crippen molar-refractivity contribution in [2.24, 2.45) is 22.2 Å². The standard InChI is InChI=1S/C19H37NO3.C6H14N4O2/c1-3-4-5-6-7-8-9-10-11-12-13-14-15-16-18(21)20-17(2)19(22)23;7-4(5(11)12)2-1-3-10-6(8)9/h17H,3-16H2,1-2H3,(H,20,21)(H,22,23);4H,1-3,7H2,(H,11,12)(H4,8,9,10)/t17-;/m0./s1. The van der Waals surface area contributed by atoms with Crippen LogP contribution in [0.1, 0.15) is 117 Å². The first-order chi connectivity index (χ1) is 16.6. The van der Waals surface area contributed by atoms with E-state index in [0.717, 1.165) is 12.8 Å². The number of nitrogens with zero attached hydrogens (tertiary/aromatic N) is 1. The SMILES string of the molecule is CCCCCCCCCCCCCCCC(=O)N[C@@H](C)C(=O)O.NC(N)=NCCCC(N)C(=O)O. The van der Waals surface area contributed by atoms with Crippen molar-refractivity contribution >= 4 is 23.8 Å². The molecule has 10 heteroatoms. The van der Waals surface area contributed by atoms with Gasteiger partial charge in [0.05, 0.1) is 0 Å². The van der Waals surface area contributed by atoms with Crippen molar-refractivity contribution in [3.05, 3.63) is 0 Å². The van der Waals surface area contributed by atoms with Gasteiger partial charge in [-0.15, -0.1) is 0 Å². The zero-order valence-corrected chi connectivity index (χ0v) is 22.0. The van der Waals surface area contributed by atoms with E-state index in [-0.39, 0.29) is 11.9 Å². The monoisotopic (exact) mass is 501 g/mol. The van der Waals surface area contributed by atoms with Gasteiger partial charge < -0.3 is 32.7 Å². The zero-order chi connectivity index (χ0) is 26.9. The average molecular weight is 502 g/mol. The molecule has 10 nitrogen and oxygen atoms in total. The van der Waals surface area contributed by atoms with Crippen molar-refractivity contribution in [3.63, 3.8) is 0 Å². The Labute approximate surface area is 211 Å². The molecule has 0 rings (SSSR count). The molecule has 35 heavy (non-hydrogen) atoms. The Morgan fingerprint density at radius 2 is 1.23 bits per heavy atom. The number of rotatable bonds is 21. The van der Waals surface area contributed by atoms with Gasteiger partial charge in [0.25, 0.3) is 0 Å². The molecule has 0 spiro atoms. The maximum atomic E-state index is 11.5. The van der Waals surface area contributed by atoms with E-state index in [1.165, 1.54) is 77.6 Å². The lowest BCUT2D eigenvalue weighted by Gasteiger charge is -2.08. The van der Waals surface area contributed by atoms with Crippen LogP contribution in [0.3, 0.4) is 0 Å². The van der Waals surface area contributed by atoms with Crippen molar-refractivity contribution in [2.75, 3.05) is 6.54 Å². The third-order valence-corrected chi connectivity index (χ3v) is 5.54. The number of aliphatic imine (C=N–C) groups is 1. The van der Waals surface area contributed by atoms with Crippen LogP contribution in [0.5, 0.6) is 0 Å². The highest BCUT2D eigenvalue weighted by Crippen LogP contribution is 2.12. The van der Waals surface area contributed by atoms with E-state index in [0.29, 0.717) is 25.8 Å². The Hall–Kier alpha value is -2.36. The molecular weight excluding hydrogens is 450 g/mol. The molecule has 0 heterocycles. The minimum Gasteiger partial charge on any atom is -0.480 e. The zero-order valence-electron chi connectivity index (χ0n) is 22.0. The van der Waals surface area contributed by atoms with E-state index < -0.39 is 24.0 Å². The highest BCUT2D eigenvalue weighted by Gasteiger charge is 2.13. The van der Waals surface area contributed by atoms with Gasteiger partial charge in [-0.2, -0.15) is 0 Å². The topological polar surface area (TPSA) is 194 Å². The number of guanidine groups is 1. The summed E-state index contributed by atoms with van der Waals surface area (Å²) in [6, 6.07) is -1.61. The number of hydrogen-bond acceptors (Lipinski definition) is 5. The summed E-state index contributed by atoms with van der Waals surface area (Å²) in [5, 5.41) is 19.6. The van der Waals surface area contributed by atoms with Gasteiger partial charge in [-0.3, -0.25) is 19.4 Å². The first-order valence-electron chi connectivity index (χ1n) is 13.2. The second kappa shape index (κ2) is 24.8. The van der Waals surface area contributed by atoms with Gasteiger partial charge in [0.15, 0.2) is 5.96 Å². The maximum Gasteiger partial charge on any atom is 0.325 e. The van der Waals surface area contributed by atoms with Crippen LogP contribution in [0.25, 0.3) is 0 Å². The van der Waals surface area contributed by atoms with E-state index in [4.69, 9.17) is 27.4 Å². The molecule has 206 valence electrons. The van der Waals surface area contributed by atoms with Crippen LogP contribution >= 0.6 is 0 Å². The molecule has 1 unspecified atom stereocenters. The molecule has 0 bridgehead atoms. The Morgan fingerprint density at radius 3 is 1.63 bits per heavy atom. The van der Waals surface area contributed by atoms with Crippen LogP contribution in [0, 0.1) is 0 Å². The number of hydrogen-bond donors (Lipinski definition) is 6. The fraction of sp³-hybridized carbons (Fsp3) is 0.840. The summed E-state index contributed by atoms with van der Waals surface area (Å²) >= 11 is 0. The number of carbonyl (C=O) groups excluding carboxylic acids is 1. The Kier molecular flexibility index (Phi) is 24.6. The van der Waals surface area contributed by atoms with Crippen molar-refractivity contribution in [1.29, 1.82) is 0 Å². The van der Waals surface area contributed by atoms with Crippen LogP contribution in [-0.4, -0.2) is 52.6 Å². The van der Waals surface area contributed by atoms with Gasteiger partial charge in [0.1, 0.15) is 12.1 Å². The van der Waals surface area contributed by atoms with Crippen LogP contribution < -0.4 is 22.5 Å². The van der Waals surface area contributed by atoms with Crippen molar-refractivity contribution in [3.8, 4) is 0 Å². The highest BCUT2D eigenvalue weighted by atomic mass is 16.4. The average Bonchev–Trinajstić information content (AvgIpc) is 2.79. The van der Waals surface area contributed by atoms with E-state index in [1.807, 2.05) is 0 Å². The van der Waals surface area contributed by atoms with Crippen molar-refractivity contribution < 1.29 is 24.6 Å². The Bertz CT molecular complexity index is 583. The van der Waals surface area contributed by atoms with Gasteiger partial charge >= 0.3 is 11.9 Å². The lowest BCUT2D eigenvalue weighted by molar-refractivity contribution is -0.141. The molecule has 0 aromatic heterocycles. The Balaban J connectivity index is 0. The van der Waals surface area contributed by atoms with Gasteiger partial charge in [0.2, 0.25) is 5.91 Å². The Morgan fingerprint density at radius 1 is 0.771 bits per heavy atom. The number of unbranched alkanes of at least 4 members (excludes halogenated alkanes) is 12. The van der Waals surface area contributed by atoms with E-state index in [1.54, 1.807) is 0 Å². The lowest BCUT2D eigenvalue weighted by Crippen LogP contribution is -2.38. The second-order valence-corrected chi connectivity index (χ2v) is 9.01. The molecule has 0 aliphatic carbocycles. The molecule has 0 saturated heterocycles. The van der Waals surface area contributed by atoms with Crippen LogP contribution in [0.15, 0.2) is 4.99 Å². The molecular formula is C25H51N5O5. The summed E-state index contributed by atoms with van der Waals surface area (Å²) in [6.45, 7) is 4.16. The smallest absolute Gasteiger partial charge is 0.325 e. The van der Waals surface area contributed by atoms with Gasteiger partial charge in [0, 0.05) is 13.0 Å². The first-order valence-corrected chi connectivity index (χ1v) is 13.2. The highest BCUT2D eigenvalue weighted by molar-refractivity contribution is 5.83. The number of carboxylic acid groups (broad SMARTS) is 2. The van der Waals surface area contributed by atoms with E-state index in [9.17, 15) is 14.4 Å². The summed E-state index contributed by atoms with van der Waals surface area (Å²) in [5.74, 6) is -2.12. The minimum atomic E-state index is -1.00. The van der Waals surface area contributed by atoms with Crippen LogP contribution in [0.2, 0.25) is 0 Å². The fourth-order valence-corrected chi connectivity index (χ4v) is 3.32. The lowest BCUT2D eigenvalue weighted by atomic mass is 10.0. The number of carbonyl (C=O) groups is 3. The summed E-state index contributed by atoms with van der Waals surface area (Å²) in [6.07, 6.45) is 18.0. The normalized spacial score (nSPS) is 12.1. The first kappa shape index (κ1) is 34.8. The number of amides is 1. The third-order valence-electron chi connectivity index (χ3n) is 5.54. The molecule has 0 aromatic rings. The largest absolute Gasteiger partial charge is 0.480 e. The molecule has 9 N–H and O–H groups in total. The molecule has 2 atom stereocenters. The summed E-state index contributed by atoms with van der Waals surface area (Å²) in [5.41, 5.74) is 15.3. The van der Waals surface area contributed by atoms with Gasteiger partial charge in [-0.05, 0) is 26.2 Å². The molecule has 1 amide bonds. The summed E-state index contributed by atoms with van der Waals surface area (Å²) in [7, 11) is 0. The maximum absolute atomic E-state index is 11.5. The second-order valence-electron chi connectivity index (χ2n) is 9.01.